The lowest BCUT2D eigenvalue weighted by atomic mass is 10.0. The highest BCUT2D eigenvalue weighted by Gasteiger charge is 2.29. The molecule has 3 nitrogen and oxygen atoms in total. The Balaban J connectivity index is 2.41. The normalized spacial score (nSPS) is 18.7. The summed E-state index contributed by atoms with van der Waals surface area (Å²) in [6.45, 7) is 5.35. The Labute approximate surface area is 97.4 Å². The van der Waals surface area contributed by atoms with Gasteiger partial charge in [0.05, 0.1) is 7.11 Å². The number of anilines is 1. The maximum atomic E-state index is 5.47. The molecule has 1 atom stereocenters. The number of methoxy groups -OCH3 is 1. The Morgan fingerprint density at radius 2 is 2.31 bits per heavy atom. The quantitative estimate of drug-likeness (QED) is 0.838. The molecule has 1 aromatic rings. The van der Waals surface area contributed by atoms with Gasteiger partial charge in [-0.2, -0.15) is 0 Å². The molecule has 1 aromatic carbocycles. The summed E-state index contributed by atoms with van der Waals surface area (Å²) in [5.74, 6) is 1.56. The van der Waals surface area contributed by atoms with Gasteiger partial charge in [0.25, 0.3) is 0 Å². The lowest BCUT2D eigenvalue weighted by molar-refractivity contribution is 0.407. The molecule has 0 radical (unpaired) electrons. The van der Waals surface area contributed by atoms with Crippen LogP contribution in [0.4, 0.5) is 5.69 Å². The second-order valence-electron chi connectivity index (χ2n) is 4.19. The van der Waals surface area contributed by atoms with Crippen LogP contribution in [-0.2, 0) is 0 Å². The average Bonchev–Trinajstić information content (AvgIpc) is 2.68. The minimum atomic E-state index is 0.538. The van der Waals surface area contributed by atoms with Crippen LogP contribution in [0.5, 0.6) is 5.75 Å². The van der Waals surface area contributed by atoms with E-state index in [1.54, 1.807) is 7.11 Å². The van der Waals surface area contributed by atoms with Crippen LogP contribution < -0.4 is 15.0 Å². The zero-order valence-corrected chi connectivity index (χ0v) is 10.3. The molecule has 0 amide bonds. The monoisotopic (exact) mass is 220 g/mol. The number of hydrogen-bond acceptors (Lipinski definition) is 3. The Bertz CT molecular complexity index is 365. The molecule has 0 bridgehead atoms. The van der Waals surface area contributed by atoms with Crippen molar-refractivity contribution >= 4 is 5.69 Å². The minimum Gasteiger partial charge on any atom is -0.496 e. The van der Waals surface area contributed by atoms with Gasteiger partial charge in [-0.1, -0.05) is 6.07 Å². The van der Waals surface area contributed by atoms with Crippen molar-refractivity contribution in [2.45, 2.75) is 12.8 Å². The molecule has 0 aliphatic carbocycles. The van der Waals surface area contributed by atoms with Crippen molar-refractivity contribution in [2.24, 2.45) is 0 Å². The molecule has 2 rings (SSSR count). The van der Waals surface area contributed by atoms with E-state index < -0.39 is 0 Å². The highest BCUT2D eigenvalue weighted by Crippen LogP contribution is 2.41. The van der Waals surface area contributed by atoms with E-state index in [-0.39, 0.29) is 0 Å². The topological polar surface area (TPSA) is 24.5 Å². The Morgan fingerprint density at radius 1 is 1.50 bits per heavy atom. The molecule has 0 saturated heterocycles. The summed E-state index contributed by atoms with van der Waals surface area (Å²) in [6, 6.07) is 6.32. The molecule has 1 aliphatic rings. The Kier molecular flexibility index (Phi) is 3.34. The van der Waals surface area contributed by atoms with E-state index >= 15 is 0 Å². The van der Waals surface area contributed by atoms with Crippen molar-refractivity contribution in [3.8, 4) is 5.75 Å². The van der Waals surface area contributed by atoms with E-state index in [9.17, 15) is 0 Å². The number of rotatable bonds is 4. The third-order valence-corrected chi connectivity index (χ3v) is 3.28. The van der Waals surface area contributed by atoms with Gasteiger partial charge in [0.1, 0.15) is 5.75 Å². The first kappa shape index (κ1) is 11.3. The van der Waals surface area contributed by atoms with Crippen LogP contribution >= 0.6 is 0 Å². The lowest BCUT2D eigenvalue weighted by Gasteiger charge is -2.16. The zero-order valence-electron chi connectivity index (χ0n) is 10.3. The number of nitrogens with one attached hydrogen (secondary N) is 1. The maximum Gasteiger partial charge on any atom is 0.124 e. The van der Waals surface area contributed by atoms with Gasteiger partial charge in [0.2, 0.25) is 0 Å². The summed E-state index contributed by atoms with van der Waals surface area (Å²) in [7, 11) is 3.75. The van der Waals surface area contributed by atoms with Crippen LogP contribution in [0, 0.1) is 0 Å². The highest BCUT2D eigenvalue weighted by molar-refractivity contribution is 5.65. The summed E-state index contributed by atoms with van der Waals surface area (Å²) in [5, 5.41) is 3.26. The van der Waals surface area contributed by atoms with Crippen molar-refractivity contribution in [3.05, 3.63) is 23.8 Å². The van der Waals surface area contributed by atoms with Crippen LogP contribution in [0.25, 0.3) is 0 Å². The first-order valence-electron chi connectivity index (χ1n) is 5.88. The fraction of sp³-hybridized carbons (Fsp3) is 0.538. The second-order valence-corrected chi connectivity index (χ2v) is 4.19. The SMILES string of the molecule is CCN1CC(CNC)c2c(OC)cccc21. The van der Waals surface area contributed by atoms with Gasteiger partial charge in [0.15, 0.2) is 0 Å². The third kappa shape index (κ3) is 1.76. The number of nitrogens with zero attached hydrogens (tertiary/aromatic N) is 1. The van der Waals surface area contributed by atoms with Gasteiger partial charge in [-0.25, -0.2) is 0 Å². The van der Waals surface area contributed by atoms with Crippen molar-refractivity contribution in [3.63, 3.8) is 0 Å². The molecule has 1 unspecified atom stereocenters. The third-order valence-electron chi connectivity index (χ3n) is 3.28. The fourth-order valence-electron chi connectivity index (χ4n) is 2.56. The first-order chi connectivity index (χ1) is 7.81. The summed E-state index contributed by atoms with van der Waals surface area (Å²) in [6.07, 6.45) is 0. The molecule has 88 valence electrons. The lowest BCUT2D eigenvalue weighted by Crippen LogP contribution is -2.25. The Morgan fingerprint density at radius 3 is 2.94 bits per heavy atom. The number of fused-ring (bicyclic) bond motifs is 1. The predicted molar refractivity (Wildman–Crippen MR) is 67.5 cm³/mol. The Hall–Kier alpha value is -1.22. The van der Waals surface area contributed by atoms with Crippen molar-refractivity contribution in [1.29, 1.82) is 0 Å². The largest absolute Gasteiger partial charge is 0.496 e. The summed E-state index contributed by atoms with van der Waals surface area (Å²) in [5.41, 5.74) is 2.70. The molecule has 3 heteroatoms. The molecular formula is C13H20N2O. The van der Waals surface area contributed by atoms with Crippen molar-refractivity contribution in [2.75, 3.05) is 38.7 Å². The molecule has 0 spiro atoms. The summed E-state index contributed by atoms with van der Waals surface area (Å²) >= 11 is 0. The van der Waals surface area contributed by atoms with Crippen molar-refractivity contribution < 1.29 is 4.74 Å². The van der Waals surface area contributed by atoms with Crippen LogP contribution in [0.3, 0.4) is 0 Å². The first-order valence-corrected chi connectivity index (χ1v) is 5.88. The van der Waals surface area contributed by atoms with Crippen molar-refractivity contribution in [1.82, 2.24) is 5.32 Å². The predicted octanol–water partition coefficient (Wildman–Crippen LogP) is 1.84. The van der Waals surface area contributed by atoms with Crippen LogP contribution in [0.1, 0.15) is 18.4 Å². The smallest absolute Gasteiger partial charge is 0.124 e. The van der Waals surface area contributed by atoms with E-state index in [4.69, 9.17) is 4.74 Å². The van der Waals surface area contributed by atoms with Gasteiger partial charge in [-0.15, -0.1) is 0 Å². The molecular weight excluding hydrogens is 200 g/mol. The van der Waals surface area contributed by atoms with Gasteiger partial charge in [0, 0.05) is 36.8 Å². The van der Waals surface area contributed by atoms with E-state index in [0.717, 1.165) is 25.4 Å². The molecule has 16 heavy (non-hydrogen) atoms. The molecule has 0 fully saturated rings. The van der Waals surface area contributed by atoms with E-state index in [1.165, 1.54) is 11.3 Å². The zero-order chi connectivity index (χ0) is 11.5. The van der Waals surface area contributed by atoms with Gasteiger partial charge in [-0.05, 0) is 26.1 Å². The highest BCUT2D eigenvalue weighted by atomic mass is 16.5. The number of likely N-dealkylation sites (N-methyl/N-ethyl adjacent to an activating group) is 2. The minimum absolute atomic E-state index is 0.538. The van der Waals surface area contributed by atoms with E-state index in [1.807, 2.05) is 7.05 Å². The van der Waals surface area contributed by atoms with Crippen LogP contribution in [0.15, 0.2) is 18.2 Å². The average molecular weight is 220 g/mol. The fourth-order valence-corrected chi connectivity index (χ4v) is 2.56. The summed E-state index contributed by atoms with van der Waals surface area (Å²) in [4.78, 5) is 2.42. The van der Waals surface area contributed by atoms with Gasteiger partial charge >= 0.3 is 0 Å². The summed E-state index contributed by atoms with van der Waals surface area (Å²) < 4.78 is 5.47. The standard InChI is InChI=1S/C13H20N2O/c1-4-15-9-10(8-14-2)13-11(15)6-5-7-12(13)16-3/h5-7,10,14H,4,8-9H2,1-3H3. The van der Waals surface area contributed by atoms with Crippen LogP contribution in [0.2, 0.25) is 0 Å². The van der Waals surface area contributed by atoms with Gasteiger partial charge in [-0.3, -0.25) is 0 Å². The van der Waals surface area contributed by atoms with E-state index in [2.05, 4.69) is 35.3 Å². The molecule has 0 aromatic heterocycles. The van der Waals surface area contributed by atoms with Crippen LogP contribution in [-0.4, -0.2) is 33.8 Å². The number of ether oxygens (including phenoxy) is 1. The molecule has 1 aliphatic heterocycles. The van der Waals surface area contributed by atoms with Gasteiger partial charge < -0.3 is 15.0 Å². The number of benzene rings is 1. The molecule has 0 saturated carbocycles. The number of hydrogen-bond donors (Lipinski definition) is 1. The molecule has 1 heterocycles. The maximum absolute atomic E-state index is 5.47. The van der Waals surface area contributed by atoms with E-state index in [0.29, 0.717) is 5.92 Å². The molecule has 1 N–H and O–H groups in total. The second kappa shape index (κ2) is 4.74.